The number of allylic oxidation sites excluding steroid dienone is 1. The van der Waals surface area contributed by atoms with E-state index < -0.39 is 5.92 Å². The van der Waals surface area contributed by atoms with Gasteiger partial charge in [-0.25, -0.2) is 5.01 Å². The van der Waals surface area contributed by atoms with Crippen molar-refractivity contribution in [1.29, 1.82) is 0 Å². The van der Waals surface area contributed by atoms with Crippen molar-refractivity contribution in [3.05, 3.63) is 40.7 Å². The van der Waals surface area contributed by atoms with Gasteiger partial charge in [0.05, 0.1) is 12.1 Å². The van der Waals surface area contributed by atoms with Crippen molar-refractivity contribution < 1.29 is 13.6 Å². The molecule has 7 heteroatoms. The summed E-state index contributed by atoms with van der Waals surface area (Å²) in [6, 6.07) is 3.14. The Kier molecular flexibility index (Phi) is 5.74. The number of aromatic amines is 1. The van der Waals surface area contributed by atoms with Gasteiger partial charge in [-0.1, -0.05) is 5.57 Å². The fourth-order valence-electron chi connectivity index (χ4n) is 3.66. The molecule has 2 aromatic rings. The molecule has 3 N–H and O–H groups in total. The Labute approximate surface area is 164 Å². The average molecular weight is 390 g/mol. The van der Waals surface area contributed by atoms with Gasteiger partial charge >= 0.3 is 5.92 Å². The zero-order chi connectivity index (χ0) is 20.5. The standard InChI is InChI=1S/C21H28F2N4O/c1-13(2)25-19-8-16-15-7-5-6-14(3)10-24-27(4)11-20(15)26-18(16)9-17(19)21(22,23)12-28/h8-10,12-13,24-26H,5-7,11H2,1-4H3/b14-10+. The lowest BCUT2D eigenvalue weighted by Crippen LogP contribution is -2.30. The number of fused-ring (bicyclic) bond motifs is 3. The smallest absolute Gasteiger partial charge is 0.329 e. The summed E-state index contributed by atoms with van der Waals surface area (Å²) in [5, 5.41) is 5.97. The van der Waals surface area contributed by atoms with E-state index in [1.807, 2.05) is 32.1 Å². The maximum Gasteiger partial charge on any atom is 0.329 e. The average Bonchev–Trinajstić information content (AvgIpc) is 2.95. The highest BCUT2D eigenvalue weighted by atomic mass is 19.3. The molecule has 2 heterocycles. The van der Waals surface area contributed by atoms with Crippen molar-refractivity contribution >= 4 is 22.9 Å². The lowest BCUT2D eigenvalue weighted by molar-refractivity contribution is -0.130. The van der Waals surface area contributed by atoms with Crippen LogP contribution >= 0.6 is 0 Å². The quantitative estimate of drug-likeness (QED) is 0.675. The molecule has 0 radical (unpaired) electrons. The molecular formula is C21H28F2N4O. The predicted molar refractivity (Wildman–Crippen MR) is 108 cm³/mol. The van der Waals surface area contributed by atoms with Crippen LogP contribution in [0.4, 0.5) is 14.5 Å². The van der Waals surface area contributed by atoms with Crippen LogP contribution in [0.25, 0.3) is 10.9 Å². The number of rotatable bonds is 4. The minimum Gasteiger partial charge on any atom is -0.382 e. The number of hydrogen-bond acceptors (Lipinski definition) is 4. The van der Waals surface area contributed by atoms with Gasteiger partial charge < -0.3 is 15.7 Å². The number of carbonyl (C=O) groups excluding carboxylic acids is 1. The fourth-order valence-corrected chi connectivity index (χ4v) is 3.66. The Morgan fingerprint density at radius 2 is 2.04 bits per heavy atom. The number of aromatic nitrogens is 1. The molecule has 0 amide bonds. The van der Waals surface area contributed by atoms with Crippen molar-refractivity contribution in [2.75, 3.05) is 12.4 Å². The van der Waals surface area contributed by atoms with Crippen molar-refractivity contribution in [3.63, 3.8) is 0 Å². The minimum atomic E-state index is -3.54. The van der Waals surface area contributed by atoms with Crippen molar-refractivity contribution in [3.8, 4) is 0 Å². The molecule has 5 nitrogen and oxygen atoms in total. The first-order chi connectivity index (χ1) is 13.2. The number of benzene rings is 1. The number of H-pyrrole nitrogens is 1. The van der Waals surface area contributed by atoms with Crippen LogP contribution < -0.4 is 10.7 Å². The Balaban J connectivity index is 2.15. The van der Waals surface area contributed by atoms with E-state index in [-0.39, 0.29) is 17.9 Å². The highest BCUT2D eigenvalue weighted by Crippen LogP contribution is 2.37. The molecule has 1 aromatic carbocycles. The van der Waals surface area contributed by atoms with E-state index in [0.29, 0.717) is 17.7 Å². The minimum absolute atomic E-state index is 0.0331. The van der Waals surface area contributed by atoms with Gasteiger partial charge in [0.15, 0.2) is 6.29 Å². The number of aldehydes is 1. The maximum absolute atomic E-state index is 14.3. The first kappa shape index (κ1) is 20.3. The molecule has 28 heavy (non-hydrogen) atoms. The molecule has 0 fully saturated rings. The number of alkyl halides is 2. The molecule has 0 spiro atoms. The van der Waals surface area contributed by atoms with E-state index in [1.54, 1.807) is 6.07 Å². The van der Waals surface area contributed by atoms with Gasteiger partial charge in [0.2, 0.25) is 0 Å². The van der Waals surface area contributed by atoms with E-state index >= 15 is 0 Å². The van der Waals surface area contributed by atoms with Gasteiger partial charge in [0.25, 0.3) is 0 Å². The number of aryl methyl sites for hydroxylation is 1. The summed E-state index contributed by atoms with van der Waals surface area (Å²) >= 11 is 0. The lowest BCUT2D eigenvalue weighted by Gasteiger charge is -2.20. The summed E-state index contributed by atoms with van der Waals surface area (Å²) in [5.74, 6) is -3.54. The van der Waals surface area contributed by atoms with Crippen LogP contribution in [-0.4, -0.2) is 29.4 Å². The Bertz CT molecular complexity index is 901. The molecular weight excluding hydrogens is 362 g/mol. The molecule has 0 bridgehead atoms. The summed E-state index contributed by atoms with van der Waals surface area (Å²) in [6.07, 6.45) is 4.51. The summed E-state index contributed by atoms with van der Waals surface area (Å²) in [6.45, 7) is 6.48. The Hall–Kier alpha value is -2.41. The Morgan fingerprint density at radius 1 is 1.29 bits per heavy atom. The number of halogens is 2. The highest BCUT2D eigenvalue weighted by molar-refractivity contribution is 5.91. The third-order valence-corrected chi connectivity index (χ3v) is 5.01. The van der Waals surface area contributed by atoms with Crippen LogP contribution in [0.2, 0.25) is 0 Å². The van der Waals surface area contributed by atoms with E-state index in [2.05, 4.69) is 22.7 Å². The van der Waals surface area contributed by atoms with Gasteiger partial charge in [-0.05, 0) is 57.7 Å². The molecule has 1 aromatic heterocycles. The Morgan fingerprint density at radius 3 is 2.71 bits per heavy atom. The lowest BCUT2D eigenvalue weighted by atomic mass is 9.98. The molecule has 0 atom stereocenters. The first-order valence-electron chi connectivity index (χ1n) is 9.63. The predicted octanol–water partition coefficient (Wildman–Crippen LogP) is 4.46. The van der Waals surface area contributed by atoms with Crippen molar-refractivity contribution in [2.24, 2.45) is 0 Å². The molecule has 1 aliphatic rings. The van der Waals surface area contributed by atoms with Crippen molar-refractivity contribution in [1.82, 2.24) is 15.4 Å². The van der Waals surface area contributed by atoms with E-state index in [1.165, 1.54) is 11.6 Å². The zero-order valence-corrected chi connectivity index (χ0v) is 16.8. The third kappa shape index (κ3) is 4.19. The van der Waals surface area contributed by atoms with E-state index in [4.69, 9.17) is 0 Å². The van der Waals surface area contributed by atoms with Crippen LogP contribution in [0.5, 0.6) is 0 Å². The number of hydrazine groups is 1. The molecule has 0 aliphatic carbocycles. The third-order valence-electron chi connectivity index (χ3n) is 5.01. The molecule has 152 valence electrons. The van der Waals surface area contributed by atoms with Gasteiger partial charge in [0.1, 0.15) is 0 Å². The van der Waals surface area contributed by atoms with Gasteiger partial charge in [-0.3, -0.25) is 4.79 Å². The number of anilines is 1. The van der Waals surface area contributed by atoms with Crippen LogP contribution in [0.3, 0.4) is 0 Å². The summed E-state index contributed by atoms with van der Waals surface area (Å²) in [4.78, 5) is 14.3. The zero-order valence-electron chi connectivity index (χ0n) is 16.8. The SMILES string of the molecule is C/C1=C\NN(C)Cc2[nH]c3cc(C(F)(F)C=O)c(NC(C)C)cc3c2CCC1. The molecule has 3 rings (SSSR count). The second-order valence-electron chi connectivity index (χ2n) is 7.89. The summed E-state index contributed by atoms with van der Waals surface area (Å²) in [5.41, 5.74) is 7.30. The van der Waals surface area contributed by atoms with Gasteiger partial charge in [-0.2, -0.15) is 8.78 Å². The van der Waals surface area contributed by atoms with E-state index in [0.717, 1.165) is 35.9 Å². The maximum atomic E-state index is 14.3. The molecule has 0 saturated heterocycles. The fraction of sp³-hybridized carbons (Fsp3) is 0.476. The number of nitrogens with zero attached hydrogens (tertiary/aromatic N) is 1. The summed E-state index contributed by atoms with van der Waals surface area (Å²) < 4.78 is 28.6. The van der Waals surface area contributed by atoms with Crippen LogP contribution in [0, 0.1) is 0 Å². The second kappa shape index (κ2) is 7.91. The monoisotopic (exact) mass is 390 g/mol. The molecule has 0 saturated carbocycles. The van der Waals surface area contributed by atoms with Crippen LogP contribution in [0.15, 0.2) is 23.9 Å². The van der Waals surface area contributed by atoms with Crippen LogP contribution in [0.1, 0.15) is 50.4 Å². The van der Waals surface area contributed by atoms with Crippen LogP contribution in [-0.2, 0) is 23.7 Å². The number of carbonyl (C=O) groups is 1. The normalized spacial score (nSPS) is 18.3. The van der Waals surface area contributed by atoms with Gasteiger partial charge in [0, 0.05) is 41.6 Å². The van der Waals surface area contributed by atoms with Crippen molar-refractivity contribution in [2.45, 2.75) is 58.5 Å². The van der Waals surface area contributed by atoms with Gasteiger partial charge in [-0.15, -0.1) is 0 Å². The first-order valence-corrected chi connectivity index (χ1v) is 9.63. The number of hydrogen-bond donors (Lipinski definition) is 3. The van der Waals surface area contributed by atoms with E-state index in [9.17, 15) is 13.6 Å². The topological polar surface area (TPSA) is 60.2 Å². The highest BCUT2D eigenvalue weighted by Gasteiger charge is 2.34. The second-order valence-corrected chi connectivity index (χ2v) is 7.89. The molecule has 1 aliphatic heterocycles. The number of nitrogens with one attached hydrogen (secondary N) is 3. The molecule has 0 unspecified atom stereocenters. The summed E-state index contributed by atoms with van der Waals surface area (Å²) in [7, 11) is 1.94. The largest absolute Gasteiger partial charge is 0.382 e.